The summed E-state index contributed by atoms with van der Waals surface area (Å²) in [6, 6.07) is 3.63. The molecule has 3 nitrogen and oxygen atoms in total. The van der Waals surface area contributed by atoms with Gasteiger partial charge < -0.3 is 10.0 Å². The second-order valence-electron chi connectivity index (χ2n) is 4.14. The standard InChI is InChI=1S/C11H15ClN2O/c1-2-5-11(15)7-14(8-11)10-9(12)4-3-6-13-10/h3-4,6,15H,2,5,7-8H2,1H3. The molecule has 0 amide bonds. The van der Waals surface area contributed by atoms with Crippen LogP contribution in [-0.4, -0.2) is 28.8 Å². The summed E-state index contributed by atoms with van der Waals surface area (Å²) in [6.45, 7) is 3.35. The smallest absolute Gasteiger partial charge is 0.147 e. The van der Waals surface area contributed by atoms with Crippen LogP contribution in [0.4, 0.5) is 5.82 Å². The van der Waals surface area contributed by atoms with Gasteiger partial charge in [0.05, 0.1) is 23.7 Å². The van der Waals surface area contributed by atoms with Crippen molar-refractivity contribution >= 4 is 17.4 Å². The molecule has 2 heterocycles. The predicted molar refractivity (Wildman–Crippen MR) is 61.3 cm³/mol. The number of β-amino-alcohol motifs (C(OH)–C–C–N with tert-alkyl or cyclic N) is 1. The van der Waals surface area contributed by atoms with E-state index in [2.05, 4.69) is 11.9 Å². The number of anilines is 1. The molecule has 15 heavy (non-hydrogen) atoms. The quantitative estimate of drug-likeness (QED) is 0.858. The topological polar surface area (TPSA) is 36.4 Å². The minimum Gasteiger partial charge on any atom is -0.386 e. The second kappa shape index (κ2) is 3.99. The van der Waals surface area contributed by atoms with E-state index in [0.29, 0.717) is 18.1 Å². The van der Waals surface area contributed by atoms with Crippen LogP contribution in [0.15, 0.2) is 18.3 Å². The first-order valence-electron chi connectivity index (χ1n) is 5.22. The van der Waals surface area contributed by atoms with E-state index in [0.717, 1.165) is 18.7 Å². The molecule has 1 aliphatic heterocycles. The van der Waals surface area contributed by atoms with Crippen LogP contribution >= 0.6 is 11.6 Å². The molecule has 1 fully saturated rings. The maximum atomic E-state index is 10.0. The number of aliphatic hydroxyl groups is 1. The Balaban J connectivity index is 2.03. The van der Waals surface area contributed by atoms with Crippen molar-refractivity contribution in [3.63, 3.8) is 0 Å². The summed E-state index contributed by atoms with van der Waals surface area (Å²) < 4.78 is 0. The monoisotopic (exact) mass is 226 g/mol. The fraction of sp³-hybridized carbons (Fsp3) is 0.545. The largest absolute Gasteiger partial charge is 0.386 e. The first-order valence-corrected chi connectivity index (χ1v) is 5.60. The van der Waals surface area contributed by atoms with Gasteiger partial charge in [-0.15, -0.1) is 0 Å². The molecule has 1 aromatic heterocycles. The zero-order valence-electron chi connectivity index (χ0n) is 8.78. The molecule has 0 bridgehead atoms. The summed E-state index contributed by atoms with van der Waals surface area (Å²) in [5, 5.41) is 10.7. The molecular formula is C11H15ClN2O. The van der Waals surface area contributed by atoms with Gasteiger partial charge in [-0.3, -0.25) is 0 Å². The summed E-state index contributed by atoms with van der Waals surface area (Å²) in [4.78, 5) is 6.22. The maximum absolute atomic E-state index is 10.0. The molecule has 0 radical (unpaired) electrons. The van der Waals surface area contributed by atoms with Crippen molar-refractivity contribution in [1.82, 2.24) is 4.98 Å². The number of halogens is 1. The van der Waals surface area contributed by atoms with Crippen molar-refractivity contribution in [2.45, 2.75) is 25.4 Å². The van der Waals surface area contributed by atoms with Crippen LogP contribution in [0.3, 0.4) is 0 Å². The Bertz CT molecular complexity index is 350. The highest BCUT2D eigenvalue weighted by atomic mass is 35.5. The molecule has 1 aromatic rings. The van der Waals surface area contributed by atoms with Gasteiger partial charge in [0.25, 0.3) is 0 Å². The average Bonchev–Trinajstić information content (AvgIpc) is 2.15. The average molecular weight is 227 g/mol. The van der Waals surface area contributed by atoms with Crippen molar-refractivity contribution < 1.29 is 5.11 Å². The molecule has 0 aromatic carbocycles. The Morgan fingerprint density at radius 1 is 1.60 bits per heavy atom. The van der Waals surface area contributed by atoms with Crippen molar-refractivity contribution in [1.29, 1.82) is 0 Å². The Labute approximate surface area is 94.7 Å². The van der Waals surface area contributed by atoms with Gasteiger partial charge in [0.15, 0.2) is 0 Å². The first kappa shape index (κ1) is 10.7. The van der Waals surface area contributed by atoms with Crippen molar-refractivity contribution in [3.05, 3.63) is 23.4 Å². The van der Waals surface area contributed by atoms with Crippen LogP contribution in [0.5, 0.6) is 0 Å². The molecule has 0 aliphatic carbocycles. The van der Waals surface area contributed by atoms with Crippen LogP contribution in [0, 0.1) is 0 Å². The van der Waals surface area contributed by atoms with Gasteiger partial charge in [-0.2, -0.15) is 0 Å². The molecule has 0 atom stereocenters. The molecule has 1 saturated heterocycles. The number of pyridine rings is 1. The third-order valence-electron chi connectivity index (χ3n) is 2.72. The van der Waals surface area contributed by atoms with Crippen molar-refractivity contribution in [2.24, 2.45) is 0 Å². The lowest BCUT2D eigenvalue weighted by Gasteiger charge is -2.47. The van der Waals surface area contributed by atoms with Crippen LogP contribution < -0.4 is 4.90 Å². The van der Waals surface area contributed by atoms with Gasteiger partial charge in [0, 0.05) is 6.20 Å². The van der Waals surface area contributed by atoms with Gasteiger partial charge in [-0.25, -0.2) is 4.98 Å². The summed E-state index contributed by atoms with van der Waals surface area (Å²) >= 11 is 6.02. The van der Waals surface area contributed by atoms with Gasteiger partial charge in [-0.1, -0.05) is 24.9 Å². The van der Waals surface area contributed by atoms with Crippen molar-refractivity contribution in [3.8, 4) is 0 Å². The van der Waals surface area contributed by atoms with Crippen LogP contribution in [0.25, 0.3) is 0 Å². The van der Waals surface area contributed by atoms with Crippen molar-refractivity contribution in [2.75, 3.05) is 18.0 Å². The van der Waals surface area contributed by atoms with E-state index in [1.807, 2.05) is 17.0 Å². The molecule has 0 saturated carbocycles. The predicted octanol–water partition coefficient (Wildman–Crippen LogP) is 2.09. The first-order chi connectivity index (χ1) is 7.14. The Morgan fingerprint density at radius 2 is 2.33 bits per heavy atom. The van der Waals surface area contributed by atoms with E-state index in [1.54, 1.807) is 6.20 Å². The number of nitrogens with zero attached hydrogens (tertiary/aromatic N) is 2. The lowest BCUT2D eigenvalue weighted by molar-refractivity contribution is 0.00296. The maximum Gasteiger partial charge on any atom is 0.147 e. The fourth-order valence-corrected chi connectivity index (χ4v) is 2.29. The van der Waals surface area contributed by atoms with E-state index in [9.17, 15) is 5.11 Å². The Morgan fingerprint density at radius 3 is 2.93 bits per heavy atom. The van der Waals surface area contributed by atoms with Gasteiger partial charge in [0.2, 0.25) is 0 Å². The highest BCUT2D eigenvalue weighted by molar-refractivity contribution is 6.32. The fourth-order valence-electron chi connectivity index (χ4n) is 2.05. The summed E-state index contributed by atoms with van der Waals surface area (Å²) in [5.74, 6) is 0.778. The lowest BCUT2D eigenvalue weighted by atomic mass is 9.89. The van der Waals surface area contributed by atoms with E-state index in [1.165, 1.54) is 0 Å². The molecule has 0 spiro atoms. The third-order valence-corrected chi connectivity index (χ3v) is 3.02. The minimum atomic E-state index is -0.532. The molecule has 4 heteroatoms. The number of rotatable bonds is 3. The molecule has 2 rings (SSSR count). The minimum absolute atomic E-state index is 0.532. The molecule has 1 N–H and O–H groups in total. The summed E-state index contributed by atoms with van der Waals surface area (Å²) in [6.07, 6.45) is 3.56. The zero-order valence-corrected chi connectivity index (χ0v) is 9.54. The summed E-state index contributed by atoms with van der Waals surface area (Å²) in [7, 11) is 0. The van der Waals surface area contributed by atoms with E-state index < -0.39 is 5.60 Å². The van der Waals surface area contributed by atoms with E-state index in [4.69, 9.17) is 11.6 Å². The highest BCUT2D eigenvalue weighted by Crippen LogP contribution is 2.33. The SMILES string of the molecule is CCCC1(O)CN(c2ncccc2Cl)C1. The molecular weight excluding hydrogens is 212 g/mol. The molecule has 0 unspecified atom stereocenters. The van der Waals surface area contributed by atoms with E-state index in [-0.39, 0.29) is 0 Å². The number of hydrogen-bond acceptors (Lipinski definition) is 3. The van der Waals surface area contributed by atoms with Crippen LogP contribution in [-0.2, 0) is 0 Å². The second-order valence-corrected chi connectivity index (χ2v) is 4.55. The Kier molecular flexibility index (Phi) is 2.85. The number of aromatic nitrogens is 1. The van der Waals surface area contributed by atoms with Gasteiger partial charge >= 0.3 is 0 Å². The molecule has 1 aliphatic rings. The van der Waals surface area contributed by atoms with Crippen LogP contribution in [0.1, 0.15) is 19.8 Å². The third kappa shape index (κ3) is 2.08. The van der Waals surface area contributed by atoms with Gasteiger partial charge in [0.1, 0.15) is 5.82 Å². The summed E-state index contributed by atoms with van der Waals surface area (Å²) in [5.41, 5.74) is -0.532. The van der Waals surface area contributed by atoms with E-state index >= 15 is 0 Å². The van der Waals surface area contributed by atoms with Crippen LogP contribution in [0.2, 0.25) is 5.02 Å². The normalized spacial score (nSPS) is 18.7. The Hall–Kier alpha value is -0.800. The van der Waals surface area contributed by atoms with Gasteiger partial charge in [-0.05, 0) is 18.6 Å². The highest BCUT2D eigenvalue weighted by Gasteiger charge is 2.41. The molecule has 82 valence electrons. The zero-order chi connectivity index (χ0) is 10.9. The number of hydrogen-bond donors (Lipinski definition) is 1. The lowest BCUT2D eigenvalue weighted by Crippen LogP contribution is -2.62.